The first-order valence-corrected chi connectivity index (χ1v) is 11.2. The lowest BCUT2D eigenvalue weighted by molar-refractivity contribution is -0.0233. The van der Waals surface area contributed by atoms with Crippen molar-refractivity contribution in [3.63, 3.8) is 0 Å². The lowest BCUT2D eigenvalue weighted by Crippen LogP contribution is -2.67. The number of amides is 2. The molecule has 1 heterocycles. The van der Waals surface area contributed by atoms with E-state index in [9.17, 15) is 18.2 Å². The van der Waals surface area contributed by atoms with Crippen molar-refractivity contribution in [3.8, 4) is 0 Å². The molecule has 174 valence electrons. The molecule has 1 N–H and O–H groups in total. The van der Waals surface area contributed by atoms with Crippen molar-refractivity contribution in [3.05, 3.63) is 35.9 Å². The van der Waals surface area contributed by atoms with E-state index in [4.69, 9.17) is 13.7 Å². The number of nitrogens with zero attached hydrogens (tertiary/aromatic N) is 1. The van der Waals surface area contributed by atoms with Crippen molar-refractivity contribution in [2.24, 2.45) is 0 Å². The third-order valence-corrected chi connectivity index (χ3v) is 5.39. The summed E-state index contributed by atoms with van der Waals surface area (Å²) >= 11 is -1.85. The molecule has 0 aliphatic carbocycles. The molecule has 3 unspecified atom stereocenters. The molecule has 1 aliphatic rings. The van der Waals surface area contributed by atoms with Gasteiger partial charge in [-0.05, 0) is 25.8 Å². The van der Waals surface area contributed by atoms with Gasteiger partial charge >= 0.3 is 12.2 Å². The van der Waals surface area contributed by atoms with Crippen LogP contribution in [0.2, 0.25) is 0 Å². The molecule has 2 amide bonds. The lowest BCUT2D eigenvalue weighted by atomic mass is 9.81. The van der Waals surface area contributed by atoms with Gasteiger partial charge in [-0.2, -0.15) is 0 Å². The molecule has 0 radical (unpaired) electrons. The summed E-state index contributed by atoms with van der Waals surface area (Å²) in [7, 11) is 0. The van der Waals surface area contributed by atoms with E-state index in [1.54, 1.807) is 44.2 Å². The number of rotatable bonds is 9. The molecular formula is C20H28F2N2O6S. The minimum absolute atomic E-state index is 0.0192. The molecule has 0 saturated carbocycles. The highest BCUT2D eigenvalue weighted by atomic mass is 32.2. The van der Waals surface area contributed by atoms with E-state index < -0.39 is 53.9 Å². The Kier molecular flexibility index (Phi) is 8.75. The highest BCUT2D eigenvalue weighted by Crippen LogP contribution is 2.37. The zero-order chi connectivity index (χ0) is 23.1. The van der Waals surface area contributed by atoms with Gasteiger partial charge in [-0.25, -0.2) is 22.6 Å². The van der Waals surface area contributed by atoms with Crippen LogP contribution < -0.4 is 5.32 Å². The lowest BCUT2D eigenvalue weighted by Gasteiger charge is -2.40. The van der Waals surface area contributed by atoms with E-state index in [-0.39, 0.29) is 26.1 Å². The summed E-state index contributed by atoms with van der Waals surface area (Å²) in [4.78, 5) is 25.9. The van der Waals surface area contributed by atoms with Gasteiger partial charge in [0.25, 0.3) is 0 Å². The molecule has 3 atom stereocenters. The van der Waals surface area contributed by atoms with E-state index in [2.05, 4.69) is 5.32 Å². The standard InChI is InChI=1S/C20H28F2N2O6S/c1-15(2)30-18(26)24-10-9-20(13-24,19(22,12-21)14-29-31(3)27)23-17(25)28-11-16-7-5-4-6-8-16/h4-8,15H,9-14H2,1-3H3,(H,23,25). The summed E-state index contributed by atoms with van der Waals surface area (Å²) in [5, 5.41) is 2.41. The third kappa shape index (κ3) is 6.60. The van der Waals surface area contributed by atoms with Crippen LogP contribution in [-0.2, 0) is 31.3 Å². The average molecular weight is 463 g/mol. The topological polar surface area (TPSA) is 94.2 Å². The fraction of sp³-hybridized carbons (Fsp3) is 0.600. The fourth-order valence-electron chi connectivity index (χ4n) is 3.26. The Bertz CT molecular complexity index is 784. The number of nitrogens with one attached hydrogen (secondary N) is 1. The number of alkyl carbamates (subject to hydrolysis) is 1. The number of carbonyl (C=O) groups excluding carboxylic acids is 2. The molecular weight excluding hydrogens is 434 g/mol. The third-order valence-electron chi connectivity index (χ3n) is 4.94. The molecule has 0 spiro atoms. The summed E-state index contributed by atoms with van der Waals surface area (Å²) < 4.78 is 56.2. The van der Waals surface area contributed by atoms with Gasteiger partial charge in [-0.3, -0.25) is 4.18 Å². The minimum atomic E-state index is -2.75. The van der Waals surface area contributed by atoms with Crippen molar-refractivity contribution in [1.82, 2.24) is 10.2 Å². The maximum atomic E-state index is 15.8. The molecule has 2 rings (SSSR count). The Labute approximate surface area is 182 Å². The molecule has 1 saturated heterocycles. The monoisotopic (exact) mass is 462 g/mol. The van der Waals surface area contributed by atoms with Gasteiger partial charge in [0.2, 0.25) is 0 Å². The van der Waals surface area contributed by atoms with Gasteiger partial charge in [-0.15, -0.1) is 0 Å². The molecule has 1 aromatic carbocycles. The molecule has 1 fully saturated rings. The Balaban J connectivity index is 2.20. The number of hydrogen-bond donors (Lipinski definition) is 1. The van der Waals surface area contributed by atoms with Gasteiger partial charge < -0.3 is 19.7 Å². The normalized spacial score (nSPS) is 21.4. The number of likely N-dealkylation sites (tertiary alicyclic amines) is 1. The minimum Gasteiger partial charge on any atom is -0.447 e. The number of carbonyl (C=O) groups is 2. The van der Waals surface area contributed by atoms with Gasteiger partial charge in [0, 0.05) is 12.8 Å². The number of hydrogen-bond acceptors (Lipinski definition) is 6. The smallest absolute Gasteiger partial charge is 0.410 e. The quantitative estimate of drug-likeness (QED) is 0.607. The average Bonchev–Trinajstić information content (AvgIpc) is 3.16. The number of ether oxygens (including phenoxy) is 2. The number of halogens is 2. The Morgan fingerprint density at radius 2 is 2.00 bits per heavy atom. The molecule has 1 aliphatic heterocycles. The van der Waals surface area contributed by atoms with Crippen LogP contribution in [0.25, 0.3) is 0 Å². The summed E-state index contributed by atoms with van der Waals surface area (Å²) in [5.74, 6) is 0. The van der Waals surface area contributed by atoms with Crippen molar-refractivity contribution >= 4 is 23.3 Å². The highest BCUT2D eigenvalue weighted by Gasteiger charge is 2.59. The van der Waals surface area contributed by atoms with Crippen LogP contribution >= 0.6 is 0 Å². The van der Waals surface area contributed by atoms with Crippen LogP contribution in [-0.4, -0.2) is 71.2 Å². The van der Waals surface area contributed by atoms with E-state index in [0.29, 0.717) is 5.56 Å². The van der Waals surface area contributed by atoms with E-state index in [0.717, 1.165) is 0 Å². The molecule has 0 bridgehead atoms. The molecule has 0 aromatic heterocycles. The zero-order valence-electron chi connectivity index (χ0n) is 17.8. The van der Waals surface area contributed by atoms with Crippen LogP contribution in [0, 0.1) is 0 Å². The first-order chi connectivity index (χ1) is 14.6. The second-order valence-electron chi connectivity index (χ2n) is 7.64. The first-order valence-electron chi connectivity index (χ1n) is 9.77. The van der Waals surface area contributed by atoms with Gasteiger partial charge in [-0.1, -0.05) is 30.3 Å². The molecule has 8 nitrogen and oxygen atoms in total. The van der Waals surface area contributed by atoms with Crippen LogP contribution in [0.1, 0.15) is 25.8 Å². The van der Waals surface area contributed by atoms with Crippen molar-refractivity contribution in [2.75, 3.05) is 32.6 Å². The van der Waals surface area contributed by atoms with E-state index >= 15 is 4.39 Å². The predicted octanol–water partition coefficient (Wildman–Crippen LogP) is 2.89. The molecule has 1 aromatic rings. The summed E-state index contributed by atoms with van der Waals surface area (Å²) in [6.45, 7) is 0.489. The van der Waals surface area contributed by atoms with Crippen molar-refractivity contribution in [2.45, 2.75) is 44.2 Å². The van der Waals surface area contributed by atoms with Crippen molar-refractivity contribution in [1.29, 1.82) is 0 Å². The molecule has 31 heavy (non-hydrogen) atoms. The predicted molar refractivity (Wildman–Crippen MR) is 110 cm³/mol. The number of benzene rings is 1. The second kappa shape index (κ2) is 10.9. The van der Waals surface area contributed by atoms with Gasteiger partial charge in [0.05, 0.1) is 12.6 Å². The van der Waals surface area contributed by atoms with Crippen molar-refractivity contribution < 1.29 is 36.2 Å². The van der Waals surface area contributed by atoms with E-state index in [1.165, 1.54) is 11.2 Å². The SMILES string of the molecule is CC(C)OC(=O)N1CCC(NC(=O)OCc2ccccc2)(C(F)(CF)COS(C)=O)C1. The maximum absolute atomic E-state index is 15.8. The Hall–Kier alpha value is -2.27. The highest BCUT2D eigenvalue weighted by molar-refractivity contribution is 7.79. The molecule has 11 heteroatoms. The van der Waals surface area contributed by atoms with Gasteiger partial charge in [0.15, 0.2) is 16.7 Å². The summed E-state index contributed by atoms with van der Waals surface area (Å²) in [6, 6.07) is 8.83. The van der Waals surface area contributed by atoms with E-state index in [1.807, 2.05) is 0 Å². The first kappa shape index (κ1) is 25.0. The summed E-state index contributed by atoms with van der Waals surface area (Å²) in [6.07, 6.45) is -1.03. The fourth-order valence-corrected chi connectivity index (χ4v) is 3.61. The Morgan fingerprint density at radius 1 is 1.32 bits per heavy atom. The number of alkyl halides is 2. The zero-order valence-corrected chi connectivity index (χ0v) is 18.6. The van der Waals surface area contributed by atoms with Crippen LogP contribution in [0.15, 0.2) is 30.3 Å². The van der Waals surface area contributed by atoms with Gasteiger partial charge in [0.1, 0.15) is 25.4 Å². The van der Waals surface area contributed by atoms with Crippen LogP contribution in [0.5, 0.6) is 0 Å². The maximum Gasteiger partial charge on any atom is 0.410 e. The largest absolute Gasteiger partial charge is 0.447 e. The van der Waals surface area contributed by atoms with Crippen LogP contribution in [0.3, 0.4) is 0 Å². The summed E-state index contributed by atoms with van der Waals surface area (Å²) in [5.41, 5.74) is -3.90. The Morgan fingerprint density at radius 3 is 2.58 bits per heavy atom. The van der Waals surface area contributed by atoms with Crippen LogP contribution in [0.4, 0.5) is 18.4 Å². The second-order valence-corrected chi connectivity index (χ2v) is 8.67.